The highest BCUT2D eigenvalue weighted by molar-refractivity contribution is 5.69. The highest BCUT2D eigenvalue weighted by Crippen LogP contribution is 2.39. The van der Waals surface area contributed by atoms with E-state index in [4.69, 9.17) is 33.3 Å². The number of hydrogen-bond donors (Lipinski definition) is 6. The third kappa shape index (κ3) is 14.0. The predicted molar refractivity (Wildman–Crippen MR) is 220 cm³/mol. The van der Waals surface area contributed by atoms with Crippen LogP contribution in [0.5, 0.6) is 0 Å². The molecule has 1 aromatic rings. The topological polar surface area (TPSA) is 219 Å². The Kier molecular flexibility index (Phi) is 18.1. The summed E-state index contributed by atoms with van der Waals surface area (Å²) < 4.78 is 62.5. The number of aliphatic hydroxyl groups excluding tert-OH is 2. The van der Waals surface area contributed by atoms with Crippen LogP contribution in [0.15, 0.2) is 30.3 Å². The zero-order chi connectivity index (χ0) is 46.0. The van der Waals surface area contributed by atoms with E-state index in [9.17, 15) is 38.5 Å². The molecular formula is C42H69F2N5O13. The third-order valence-corrected chi connectivity index (χ3v) is 10.7. The zero-order valence-electron chi connectivity index (χ0n) is 37.4. The molecule has 1 unspecified atom stereocenters. The van der Waals surface area contributed by atoms with E-state index in [1.165, 1.54) is 14.0 Å². The molecular weight excluding hydrogens is 820 g/mol. The molecule has 0 spiro atoms. The quantitative estimate of drug-likeness (QED) is 0.103. The van der Waals surface area contributed by atoms with Gasteiger partial charge in [-0.25, -0.2) is 28.0 Å². The molecule has 18 nitrogen and oxygen atoms in total. The van der Waals surface area contributed by atoms with Crippen LogP contribution in [-0.4, -0.2) is 161 Å². The number of rotatable bonds is 16. The van der Waals surface area contributed by atoms with Crippen molar-refractivity contribution in [3.05, 3.63) is 35.9 Å². The maximum absolute atomic E-state index is 14.2. The van der Waals surface area contributed by atoms with Gasteiger partial charge in [-0.15, -0.1) is 0 Å². The molecule has 3 amide bonds. The van der Waals surface area contributed by atoms with Crippen LogP contribution in [0.3, 0.4) is 0 Å². The lowest BCUT2D eigenvalue weighted by atomic mass is 9.85. The Morgan fingerprint density at radius 1 is 0.935 bits per heavy atom. The SMILES string of the molecule is CC[C@@]1(O[C@@H]2[C@@H](NC(=O)OC(C)(C)C)CC(N(O[C@H]3OC[C@](C)(O)[C@H](N(C)C(=O)OC(C)(C)C)[C@H]3O)C(=O)OCc3ccccc3)C[C@@H]2O)O[C@H](NCCF)CC[C@H]1NCCF. The number of alkyl halides is 2. The summed E-state index contributed by atoms with van der Waals surface area (Å²) in [5.41, 5.74) is -3.02. The van der Waals surface area contributed by atoms with E-state index in [2.05, 4.69) is 16.0 Å². The van der Waals surface area contributed by atoms with Crippen molar-refractivity contribution in [1.29, 1.82) is 0 Å². The van der Waals surface area contributed by atoms with Gasteiger partial charge in [-0.3, -0.25) is 5.32 Å². The Hall–Kier alpha value is -3.47. The average Bonchev–Trinajstić information content (AvgIpc) is 3.18. The molecule has 2 saturated heterocycles. The van der Waals surface area contributed by atoms with Crippen molar-refractivity contribution in [2.24, 2.45) is 0 Å². The number of halogens is 2. The van der Waals surface area contributed by atoms with Gasteiger partial charge in [0.2, 0.25) is 6.29 Å². The Morgan fingerprint density at radius 2 is 1.58 bits per heavy atom. The maximum atomic E-state index is 14.2. The van der Waals surface area contributed by atoms with E-state index in [1.54, 1.807) is 78.8 Å². The molecule has 20 heteroatoms. The van der Waals surface area contributed by atoms with Crippen LogP contribution in [0.4, 0.5) is 23.2 Å². The van der Waals surface area contributed by atoms with E-state index in [1.807, 2.05) is 0 Å². The van der Waals surface area contributed by atoms with Crippen LogP contribution >= 0.6 is 0 Å². The number of benzene rings is 1. The molecule has 6 N–H and O–H groups in total. The molecule has 0 radical (unpaired) electrons. The highest BCUT2D eigenvalue weighted by atomic mass is 19.1. The van der Waals surface area contributed by atoms with Gasteiger partial charge in [0.25, 0.3) is 0 Å². The van der Waals surface area contributed by atoms with E-state index in [0.717, 1.165) is 9.96 Å². The fourth-order valence-corrected chi connectivity index (χ4v) is 7.99. The molecule has 11 atom stereocenters. The molecule has 1 aliphatic carbocycles. The third-order valence-electron chi connectivity index (χ3n) is 10.7. The summed E-state index contributed by atoms with van der Waals surface area (Å²) in [6, 6.07) is 4.61. The normalized spacial score (nSPS) is 31.7. The van der Waals surface area contributed by atoms with Gasteiger partial charge in [0, 0.05) is 26.6 Å². The number of carbonyl (C=O) groups excluding carboxylic acids is 3. The highest BCUT2D eigenvalue weighted by Gasteiger charge is 2.55. The molecule has 0 aromatic heterocycles. The van der Waals surface area contributed by atoms with Crippen molar-refractivity contribution in [2.45, 2.75) is 172 Å². The van der Waals surface area contributed by atoms with Gasteiger partial charge in [-0.05, 0) is 79.7 Å². The van der Waals surface area contributed by atoms with E-state index < -0.39 is 116 Å². The molecule has 354 valence electrons. The van der Waals surface area contributed by atoms with Crippen molar-refractivity contribution in [1.82, 2.24) is 25.9 Å². The van der Waals surface area contributed by atoms with Gasteiger partial charge >= 0.3 is 18.3 Å². The number of nitrogens with one attached hydrogen (secondary N) is 3. The number of likely N-dealkylation sites (N-methyl/N-ethyl adjacent to an activating group) is 1. The van der Waals surface area contributed by atoms with Crippen LogP contribution in [0.25, 0.3) is 0 Å². The smallest absolute Gasteiger partial charge is 0.434 e. The number of nitrogens with zero attached hydrogens (tertiary/aromatic N) is 2. The number of carbonyl (C=O) groups is 3. The lowest BCUT2D eigenvalue weighted by molar-refractivity contribution is -0.351. The van der Waals surface area contributed by atoms with Crippen molar-refractivity contribution >= 4 is 18.3 Å². The fourth-order valence-electron chi connectivity index (χ4n) is 7.99. The van der Waals surface area contributed by atoms with Crippen LogP contribution in [0.2, 0.25) is 0 Å². The number of amides is 3. The molecule has 3 aliphatic rings. The molecule has 2 heterocycles. The number of ether oxygens (including phenoxy) is 6. The van der Waals surface area contributed by atoms with Crippen molar-refractivity contribution < 1.29 is 71.7 Å². The molecule has 4 rings (SSSR count). The number of hydroxylamine groups is 2. The molecule has 3 fully saturated rings. The Balaban J connectivity index is 1.71. The van der Waals surface area contributed by atoms with E-state index in [-0.39, 0.29) is 39.0 Å². The van der Waals surface area contributed by atoms with Crippen molar-refractivity contribution in [2.75, 3.05) is 40.1 Å². The summed E-state index contributed by atoms with van der Waals surface area (Å²) in [5.74, 6) is -1.51. The van der Waals surface area contributed by atoms with Crippen LogP contribution < -0.4 is 16.0 Å². The first-order valence-corrected chi connectivity index (χ1v) is 21.3. The summed E-state index contributed by atoms with van der Waals surface area (Å²) in [6.45, 7) is 11.2. The number of hydrogen-bond acceptors (Lipinski definition) is 15. The lowest BCUT2D eigenvalue weighted by Gasteiger charge is -2.51. The second kappa shape index (κ2) is 21.9. The predicted octanol–water partition coefficient (Wildman–Crippen LogP) is 3.79. The van der Waals surface area contributed by atoms with Gasteiger partial charge in [0.1, 0.15) is 55.2 Å². The average molecular weight is 890 g/mol. The Labute approximate surface area is 363 Å². The van der Waals surface area contributed by atoms with Gasteiger partial charge in [-0.1, -0.05) is 37.3 Å². The standard InChI is InChI=1S/C42H69F2N5O13/c1-10-42(30(45-20-18-43)16-17-31(58-42)46-21-19-44)59-33-28(47-36(52)60-39(2,3)4)22-27(23-29(33)50)49(38(54)56-24-26-14-12-11-13-15-26)62-35-32(51)34(41(8,55)25-57-35)48(9)37(53)61-40(5,6)7/h11-15,27-35,45-46,50-51,55H,10,16-25H2,1-9H3,(H,47,52)/t27?,28-,29-,30+,31-,32+,33+,34+,35+,41-,42-/m0/s1. The number of aliphatic hydroxyl groups is 3. The monoisotopic (exact) mass is 889 g/mol. The first-order valence-electron chi connectivity index (χ1n) is 21.3. The Morgan fingerprint density at radius 3 is 2.19 bits per heavy atom. The summed E-state index contributed by atoms with van der Waals surface area (Å²) >= 11 is 0. The van der Waals surface area contributed by atoms with Gasteiger partial charge < -0.3 is 59.3 Å². The maximum Gasteiger partial charge on any atom is 0.434 e. The summed E-state index contributed by atoms with van der Waals surface area (Å²) in [6.07, 6.45) is -8.90. The lowest BCUT2D eigenvalue weighted by Crippen LogP contribution is -2.68. The van der Waals surface area contributed by atoms with Crippen molar-refractivity contribution in [3.63, 3.8) is 0 Å². The molecule has 62 heavy (non-hydrogen) atoms. The minimum atomic E-state index is -1.81. The fraction of sp³-hybridized carbons (Fsp3) is 0.786. The Bertz CT molecular complexity index is 1590. The second-order valence-electron chi connectivity index (χ2n) is 18.3. The van der Waals surface area contributed by atoms with Crippen LogP contribution in [0, 0.1) is 0 Å². The summed E-state index contributed by atoms with van der Waals surface area (Å²) in [4.78, 5) is 48.0. The first-order chi connectivity index (χ1) is 29.0. The first kappa shape index (κ1) is 51.2. The molecule has 1 aromatic carbocycles. The minimum absolute atomic E-state index is 0.00872. The van der Waals surface area contributed by atoms with Gasteiger partial charge in [0.05, 0.1) is 36.9 Å². The molecule has 0 bridgehead atoms. The molecule has 2 aliphatic heterocycles. The minimum Gasteiger partial charge on any atom is -0.444 e. The van der Waals surface area contributed by atoms with E-state index >= 15 is 0 Å². The molecule has 1 saturated carbocycles. The largest absolute Gasteiger partial charge is 0.444 e. The summed E-state index contributed by atoms with van der Waals surface area (Å²) in [5, 5.41) is 44.9. The van der Waals surface area contributed by atoms with Gasteiger partial charge in [0.15, 0.2) is 5.79 Å². The van der Waals surface area contributed by atoms with Crippen LogP contribution in [-0.2, 0) is 39.9 Å². The van der Waals surface area contributed by atoms with Crippen LogP contribution in [0.1, 0.15) is 93.1 Å². The van der Waals surface area contributed by atoms with E-state index in [0.29, 0.717) is 18.4 Å². The number of alkyl carbamates (subject to hydrolysis) is 1. The van der Waals surface area contributed by atoms with Crippen molar-refractivity contribution in [3.8, 4) is 0 Å². The zero-order valence-corrected chi connectivity index (χ0v) is 37.4. The second-order valence-corrected chi connectivity index (χ2v) is 18.3. The van der Waals surface area contributed by atoms with Gasteiger partial charge in [-0.2, -0.15) is 5.06 Å². The summed E-state index contributed by atoms with van der Waals surface area (Å²) in [7, 11) is 1.34.